The number of nitrogen functional groups attached to an aromatic ring is 1. The Morgan fingerprint density at radius 1 is 1.26 bits per heavy atom. The lowest BCUT2D eigenvalue weighted by atomic mass is 10.3. The van der Waals surface area contributed by atoms with Crippen LogP contribution in [0.3, 0.4) is 0 Å². The van der Waals surface area contributed by atoms with Crippen molar-refractivity contribution in [1.82, 2.24) is 9.97 Å². The van der Waals surface area contributed by atoms with Crippen molar-refractivity contribution in [3.05, 3.63) is 11.9 Å². The summed E-state index contributed by atoms with van der Waals surface area (Å²) >= 11 is 2.05. The molecule has 2 aliphatic rings. The highest BCUT2D eigenvalue weighted by Crippen LogP contribution is 2.39. The molecule has 2 fully saturated rings. The van der Waals surface area contributed by atoms with E-state index in [1.54, 1.807) is 0 Å². The molecule has 1 saturated heterocycles. The van der Waals surface area contributed by atoms with E-state index in [2.05, 4.69) is 29.2 Å². The predicted molar refractivity (Wildman–Crippen MR) is 80.5 cm³/mol. The van der Waals surface area contributed by atoms with Gasteiger partial charge >= 0.3 is 0 Å². The van der Waals surface area contributed by atoms with Crippen LogP contribution < -0.4 is 16.2 Å². The number of rotatable bonds is 3. The fourth-order valence-corrected chi connectivity index (χ4v) is 3.90. The molecular weight excluding hydrogens is 258 g/mol. The van der Waals surface area contributed by atoms with Crippen LogP contribution >= 0.6 is 11.8 Å². The van der Waals surface area contributed by atoms with E-state index in [0.717, 1.165) is 30.5 Å². The molecule has 3 rings (SSSR count). The Morgan fingerprint density at radius 3 is 2.53 bits per heavy atom. The summed E-state index contributed by atoms with van der Waals surface area (Å²) in [6, 6.07) is 1.96. The number of hydrogen-bond donors (Lipinski definition) is 2. The summed E-state index contributed by atoms with van der Waals surface area (Å²) in [6.07, 6.45) is 2.41. The number of hydrazine groups is 1. The predicted octanol–water partition coefficient (Wildman–Crippen LogP) is 1.97. The first kappa shape index (κ1) is 13.0. The molecule has 1 aromatic heterocycles. The van der Waals surface area contributed by atoms with Crippen molar-refractivity contribution in [3.8, 4) is 0 Å². The largest absolute Gasteiger partial charge is 0.354 e. The van der Waals surface area contributed by atoms with Crippen LogP contribution in [0.2, 0.25) is 0 Å². The zero-order valence-corrected chi connectivity index (χ0v) is 12.3. The minimum Gasteiger partial charge on any atom is -0.354 e. The molecule has 1 aliphatic carbocycles. The van der Waals surface area contributed by atoms with Gasteiger partial charge in [-0.15, -0.1) is 0 Å². The van der Waals surface area contributed by atoms with E-state index in [1.807, 2.05) is 17.8 Å². The Bertz CT molecular complexity index is 452. The number of nitrogens with one attached hydrogen (secondary N) is 1. The van der Waals surface area contributed by atoms with Crippen molar-refractivity contribution in [2.75, 3.05) is 23.4 Å². The van der Waals surface area contributed by atoms with E-state index in [4.69, 9.17) is 10.8 Å². The second-order valence-corrected chi connectivity index (χ2v) is 7.43. The SMILES string of the molecule is CC1CN(c2cc(NN)nc(C3CC3)n2)CC(C)S1. The lowest BCUT2D eigenvalue weighted by Gasteiger charge is -2.35. The van der Waals surface area contributed by atoms with Gasteiger partial charge in [0.2, 0.25) is 0 Å². The van der Waals surface area contributed by atoms with E-state index in [0.29, 0.717) is 16.4 Å². The summed E-state index contributed by atoms with van der Waals surface area (Å²) in [7, 11) is 0. The fourth-order valence-electron chi connectivity index (χ4n) is 2.58. The second kappa shape index (κ2) is 5.17. The van der Waals surface area contributed by atoms with Crippen LogP contribution in [0.5, 0.6) is 0 Å². The van der Waals surface area contributed by atoms with Crippen molar-refractivity contribution < 1.29 is 0 Å². The fraction of sp³-hybridized carbons (Fsp3) is 0.692. The van der Waals surface area contributed by atoms with Gasteiger partial charge in [0, 0.05) is 35.6 Å². The molecule has 6 heteroatoms. The molecule has 1 aromatic rings. The Balaban J connectivity index is 1.87. The van der Waals surface area contributed by atoms with Crippen molar-refractivity contribution >= 4 is 23.4 Å². The number of hydrogen-bond acceptors (Lipinski definition) is 6. The molecule has 104 valence electrons. The lowest BCUT2D eigenvalue weighted by molar-refractivity contribution is 0.712. The van der Waals surface area contributed by atoms with Gasteiger partial charge in [-0.3, -0.25) is 0 Å². The average molecular weight is 279 g/mol. The molecule has 3 N–H and O–H groups in total. The summed E-state index contributed by atoms with van der Waals surface area (Å²) in [5.74, 6) is 8.76. The number of anilines is 2. The average Bonchev–Trinajstić information content (AvgIpc) is 3.21. The van der Waals surface area contributed by atoms with Crippen LogP contribution in [0.4, 0.5) is 11.6 Å². The van der Waals surface area contributed by atoms with Crippen molar-refractivity contribution in [1.29, 1.82) is 0 Å². The minimum absolute atomic E-state index is 0.543. The molecule has 0 amide bonds. The van der Waals surface area contributed by atoms with Crippen molar-refractivity contribution in [2.45, 2.75) is 43.1 Å². The first-order valence-corrected chi connectivity index (χ1v) is 7.86. The number of nitrogens with zero attached hydrogens (tertiary/aromatic N) is 3. The van der Waals surface area contributed by atoms with E-state index >= 15 is 0 Å². The zero-order chi connectivity index (χ0) is 13.4. The molecule has 2 atom stereocenters. The monoisotopic (exact) mass is 279 g/mol. The van der Waals surface area contributed by atoms with E-state index in [-0.39, 0.29) is 0 Å². The number of nitrogens with two attached hydrogens (primary N) is 1. The normalized spacial score (nSPS) is 27.4. The van der Waals surface area contributed by atoms with E-state index < -0.39 is 0 Å². The Hall–Kier alpha value is -1.01. The molecule has 0 radical (unpaired) electrons. The number of thioether (sulfide) groups is 1. The van der Waals surface area contributed by atoms with Crippen molar-refractivity contribution in [3.63, 3.8) is 0 Å². The molecule has 2 unspecified atom stereocenters. The minimum atomic E-state index is 0.543. The summed E-state index contributed by atoms with van der Waals surface area (Å²) < 4.78 is 0. The van der Waals surface area contributed by atoms with Gasteiger partial charge in [-0.2, -0.15) is 11.8 Å². The van der Waals surface area contributed by atoms with Gasteiger partial charge < -0.3 is 10.3 Å². The molecule has 1 aliphatic heterocycles. The van der Waals surface area contributed by atoms with Crippen LogP contribution in [-0.2, 0) is 0 Å². The van der Waals surface area contributed by atoms with Gasteiger partial charge in [0.15, 0.2) is 0 Å². The van der Waals surface area contributed by atoms with Gasteiger partial charge in [-0.05, 0) is 12.8 Å². The maximum atomic E-state index is 5.53. The highest BCUT2D eigenvalue weighted by atomic mass is 32.2. The van der Waals surface area contributed by atoms with Crippen LogP contribution in [0.1, 0.15) is 38.4 Å². The quantitative estimate of drug-likeness (QED) is 0.651. The van der Waals surface area contributed by atoms with Crippen LogP contribution in [-0.4, -0.2) is 33.6 Å². The summed E-state index contributed by atoms with van der Waals surface area (Å²) in [5.41, 5.74) is 2.67. The first-order chi connectivity index (χ1) is 9.15. The zero-order valence-electron chi connectivity index (χ0n) is 11.5. The highest BCUT2D eigenvalue weighted by molar-refractivity contribution is 8.00. The molecule has 0 spiro atoms. The third-order valence-corrected chi connectivity index (χ3v) is 4.79. The first-order valence-electron chi connectivity index (χ1n) is 6.91. The molecular formula is C13H21N5S. The Labute approximate surface area is 118 Å². The molecule has 5 nitrogen and oxygen atoms in total. The summed E-state index contributed by atoms with van der Waals surface area (Å²) in [4.78, 5) is 11.6. The maximum absolute atomic E-state index is 5.53. The number of aromatic nitrogens is 2. The molecule has 0 aromatic carbocycles. The van der Waals surface area contributed by atoms with E-state index in [9.17, 15) is 0 Å². The van der Waals surface area contributed by atoms with Gasteiger partial charge in [0.05, 0.1) is 0 Å². The van der Waals surface area contributed by atoms with Gasteiger partial charge in [0.1, 0.15) is 17.5 Å². The van der Waals surface area contributed by atoms with Gasteiger partial charge in [-0.1, -0.05) is 13.8 Å². The Morgan fingerprint density at radius 2 is 1.95 bits per heavy atom. The third kappa shape index (κ3) is 2.95. The summed E-state index contributed by atoms with van der Waals surface area (Å²) in [5, 5.41) is 1.27. The van der Waals surface area contributed by atoms with E-state index in [1.165, 1.54) is 12.8 Å². The third-order valence-electron chi connectivity index (χ3n) is 3.56. The molecule has 0 bridgehead atoms. The lowest BCUT2D eigenvalue weighted by Crippen LogP contribution is -2.41. The second-order valence-electron chi connectivity index (χ2n) is 5.55. The highest BCUT2D eigenvalue weighted by Gasteiger charge is 2.29. The topological polar surface area (TPSA) is 67.1 Å². The van der Waals surface area contributed by atoms with Crippen LogP contribution in [0.25, 0.3) is 0 Å². The van der Waals surface area contributed by atoms with Gasteiger partial charge in [0.25, 0.3) is 0 Å². The molecule has 19 heavy (non-hydrogen) atoms. The van der Waals surface area contributed by atoms with Crippen LogP contribution in [0.15, 0.2) is 6.07 Å². The van der Waals surface area contributed by atoms with Crippen LogP contribution in [0, 0.1) is 0 Å². The maximum Gasteiger partial charge on any atom is 0.145 e. The molecule has 2 heterocycles. The Kier molecular flexibility index (Phi) is 3.54. The summed E-state index contributed by atoms with van der Waals surface area (Å²) in [6.45, 7) is 6.64. The van der Waals surface area contributed by atoms with Crippen molar-refractivity contribution in [2.24, 2.45) is 5.84 Å². The smallest absolute Gasteiger partial charge is 0.145 e. The molecule has 1 saturated carbocycles. The standard InChI is InChI=1S/C13H21N5S/c1-8-6-18(7-9(2)19-8)12-5-11(17-14)15-13(16-12)10-3-4-10/h5,8-10H,3-4,6-7,14H2,1-2H3,(H,15,16,17). The van der Waals surface area contributed by atoms with Gasteiger partial charge in [-0.25, -0.2) is 15.8 Å².